The van der Waals surface area contributed by atoms with Gasteiger partial charge in [0.05, 0.1) is 13.1 Å². The molecule has 0 spiro atoms. The molecule has 0 radical (unpaired) electrons. The first kappa shape index (κ1) is 14.2. The summed E-state index contributed by atoms with van der Waals surface area (Å²) < 4.78 is 7.20. The molecule has 0 N–H and O–H groups in total. The summed E-state index contributed by atoms with van der Waals surface area (Å²) >= 11 is 0. The van der Waals surface area contributed by atoms with Crippen molar-refractivity contribution in [1.29, 1.82) is 0 Å². The maximum atomic E-state index is 5.30. The predicted molar refractivity (Wildman–Crippen MR) is 76.4 cm³/mol. The van der Waals surface area contributed by atoms with Gasteiger partial charge >= 0.3 is 0 Å². The molecule has 1 saturated heterocycles. The number of hydrogen-bond donors (Lipinski definition) is 0. The lowest BCUT2D eigenvalue weighted by Gasteiger charge is -2.22. The molecule has 0 bridgehead atoms. The van der Waals surface area contributed by atoms with Gasteiger partial charge in [-0.25, -0.2) is 4.98 Å². The minimum atomic E-state index is 0.476. The molecule has 1 aliphatic rings. The summed E-state index contributed by atoms with van der Waals surface area (Å²) in [6, 6.07) is 0.476. The van der Waals surface area contributed by atoms with Crippen LogP contribution in [0.15, 0.2) is 17.2 Å². The van der Waals surface area contributed by atoms with Crippen LogP contribution in [0.2, 0.25) is 0 Å². The van der Waals surface area contributed by atoms with E-state index >= 15 is 0 Å². The second-order valence-electron chi connectivity index (χ2n) is 5.59. The Morgan fingerprint density at radius 1 is 1.43 bits per heavy atom. The zero-order valence-electron chi connectivity index (χ0n) is 12.5. The Bertz CT molecular complexity index is 537. The molecule has 0 unspecified atom stereocenters. The highest BCUT2D eigenvalue weighted by atomic mass is 16.5. The SMILES string of the molecule is CCCCc1nc(CN2CCC[C@@H]2Cn2cncn2)no1. The fourth-order valence-corrected chi connectivity index (χ4v) is 2.82. The highest BCUT2D eigenvalue weighted by Crippen LogP contribution is 2.20. The third-order valence-corrected chi connectivity index (χ3v) is 3.96. The van der Waals surface area contributed by atoms with Gasteiger partial charge in [0.15, 0.2) is 5.82 Å². The van der Waals surface area contributed by atoms with E-state index in [2.05, 4.69) is 32.0 Å². The molecule has 1 aliphatic heterocycles. The average molecular weight is 290 g/mol. The number of unbranched alkanes of at least 4 members (excludes halogenated alkanes) is 1. The van der Waals surface area contributed by atoms with Crippen LogP contribution in [0.1, 0.15) is 44.3 Å². The van der Waals surface area contributed by atoms with Gasteiger partial charge in [0.1, 0.15) is 12.7 Å². The Morgan fingerprint density at radius 2 is 2.38 bits per heavy atom. The zero-order valence-corrected chi connectivity index (χ0v) is 12.5. The summed E-state index contributed by atoms with van der Waals surface area (Å²) in [6.45, 7) is 4.88. The number of hydrogen-bond acceptors (Lipinski definition) is 6. The largest absolute Gasteiger partial charge is 0.339 e. The quantitative estimate of drug-likeness (QED) is 0.772. The molecule has 0 aliphatic carbocycles. The Morgan fingerprint density at radius 3 is 3.19 bits per heavy atom. The molecule has 0 aromatic carbocycles. The molecule has 0 saturated carbocycles. The van der Waals surface area contributed by atoms with E-state index in [0.29, 0.717) is 6.04 Å². The molecule has 21 heavy (non-hydrogen) atoms. The van der Waals surface area contributed by atoms with Crippen molar-refractivity contribution in [3.63, 3.8) is 0 Å². The lowest BCUT2D eigenvalue weighted by molar-refractivity contribution is 0.211. The number of likely N-dealkylation sites (tertiary alicyclic amines) is 1. The highest BCUT2D eigenvalue weighted by molar-refractivity contribution is 4.90. The molecule has 7 heteroatoms. The lowest BCUT2D eigenvalue weighted by Crippen LogP contribution is -2.33. The van der Waals surface area contributed by atoms with Crippen LogP contribution in [-0.2, 0) is 19.5 Å². The monoisotopic (exact) mass is 290 g/mol. The van der Waals surface area contributed by atoms with Crippen LogP contribution in [0, 0.1) is 0 Å². The van der Waals surface area contributed by atoms with Crippen molar-refractivity contribution in [2.45, 2.75) is 58.2 Å². The van der Waals surface area contributed by atoms with Gasteiger partial charge in [0, 0.05) is 12.5 Å². The van der Waals surface area contributed by atoms with Crippen LogP contribution in [0.3, 0.4) is 0 Å². The zero-order chi connectivity index (χ0) is 14.5. The minimum absolute atomic E-state index is 0.476. The van der Waals surface area contributed by atoms with Crippen molar-refractivity contribution in [3.05, 3.63) is 24.4 Å². The first-order chi connectivity index (χ1) is 10.3. The molecule has 0 amide bonds. The van der Waals surface area contributed by atoms with Gasteiger partial charge in [-0.05, 0) is 25.8 Å². The van der Waals surface area contributed by atoms with Gasteiger partial charge in [0.2, 0.25) is 5.89 Å². The molecular formula is C14H22N6O. The molecular weight excluding hydrogens is 268 g/mol. The maximum Gasteiger partial charge on any atom is 0.226 e. The second kappa shape index (κ2) is 6.80. The summed E-state index contributed by atoms with van der Waals surface area (Å²) in [5, 5.41) is 8.29. The fraction of sp³-hybridized carbons (Fsp3) is 0.714. The van der Waals surface area contributed by atoms with Gasteiger partial charge in [-0.2, -0.15) is 10.1 Å². The smallest absolute Gasteiger partial charge is 0.226 e. The number of aryl methyl sites for hydroxylation is 1. The van der Waals surface area contributed by atoms with Crippen LogP contribution in [0.25, 0.3) is 0 Å². The van der Waals surface area contributed by atoms with Crippen molar-refractivity contribution in [2.24, 2.45) is 0 Å². The number of nitrogens with zero attached hydrogens (tertiary/aromatic N) is 6. The van der Waals surface area contributed by atoms with Crippen molar-refractivity contribution in [2.75, 3.05) is 6.54 Å². The normalized spacial score (nSPS) is 19.4. The third-order valence-electron chi connectivity index (χ3n) is 3.96. The average Bonchev–Trinajstić information content (AvgIpc) is 3.21. The van der Waals surface area contributed by atoms with Crippen molar-refractivity contribution >= 4 is 0 Å². The van der Waals surface area contributed by atoms with Crippen molar-refractivity contribution in [3.8, 4) is 0 Å². The van der Waals surface area contributed by atoms with Gasteiger partial charge in [0.25, 0.3) is 0 Å². The van der Waals surface area contributed by atoms with Crippen molar-refractivity contribution in [1.82, 2.24) is 29.8 Å². The summed E-state index contributed by atoms with van der Waals surface area (Å²) in [6.07, 6.45) is 8.86. The molecule has 1 fully saturated rings. The van der Waals surface area contributed by atoms with E-state index in [1.165, 1.54) is 12.8 Å². The Kier molecular flexibility index (Phi) is 4.59. The highest BCUT2D eigenvalue weighted by Gasteiger charge is 2.26. The lowest BCUT2D eigenvalue weighted by atomic mass is 10.2. The molecule has 7 nitrogen and oxygen atoms in total. The maximum absolute atomic E-state index is 5.30. The summed E-state index contributed by atoms with van der Waals surface area (Å²) in [5.41, 5.74) is 0. The Hall–Kier alpha value is -1.76. The summed E-state index contributed by atoms with van der Waals surface area (Å²) in [7, 11) is 0. The minimum Gasteiger partial charge on any atom is -0.339 e. The van der Waals surface area contributed by atoms with Crippen LogP contribution < -0.4 is 0 Å². The van der Waals surface area contributed by atoms with E-state index in [1.54, 1.807) is 12.7 Å². The third kappa shape index (κ3) is 3.66. The number of aromatic nitrogens is 5. The van der Waals surface area contributed by atoms with Crippen LogP contribution in [0.5, 0.6) is 0 Å². The van der Waals surface area contributed by atoms with Crippen LogP contribution in [0.4, 0.5) is 0 Å². The first-order valence-electron chi connectivity index (χ1n) is 7.73. The first-order valence-corrected chi connectivity index (χ1v) is 7.73. The van der Waals surface area contributed by atoms with E-state index in [-0.39, 0.29) is 0 Å². The number of rotatable bonds is 7. The molecule has 2 aromatic rings. The van der Waals surface area contributed by atoms with Gasteiger partial charge in [-0.3, -0.25) is 9.58 Å². The van der Waals surface area contributed by atoms with E-state index in [9.17, 15) is 0 Å². The Balaban J connectivity index is 1.56. The van der Waals surface area contributed by atoms with Crippen molar-refractivity contribution < 1.29 is 4.52 Å². The second-order valence-corrected chi connectivity index (χ2v) is 5.59. The van der Waals surface area contributed by atoms with E-state index < -0.39 is 0 Å². The van der Waals surface area contributed by atoms with Gasteiger partial charge in [-0.15, -0.1) is 0 Å². The van der Waals surface area contributed by atoms with Crippen LogP contribution in [-0.4, -0.2) is 42.4 Å². The summed E-state index contributed by atoms with van der Waals surface area (Å²) in [4.78, 5) is 10.9. The standard InChI is InChI=1S/C14H22N6O/c1-2-3-6-14-17-13(18-21-14)9-19-7-4-5-12(19)8-20-11-15-10-16-20/h10-12H,2-9H2,1H3/t12-/m1/s1. The summed E-state index contributed by atoms with van der Waals surface area (Å²) in [5.74, 6) is 1.56. The van der Waals surface area contributed by atoms with E-state index in [4.69, 9.17) is 4.52 Å². The molecule has 114 valence electrons. The molecule has 2 aromatic heterocycles. The van der Waals surface area contributed by atoms with E-state index in [1.807, 2.05) is 4.68 Å². The van der Waals surface area contributed by atoms with Gasteiger partial charge in [-0.1, -0.05) is 18.5 Å². The van der Waals surface area contributed by atoms with E-state index in [0.717, 1.165) is 50.6 Å². The fourth-order valence-electron chi connectivity index (χ4n) is 2.82. The topological polar surface area (TPSA) is 72.9 Å². The molecule has 1 atom stereocenters. The van der Waals surface area contributed by atoms with Crippen LogP contribution >= 0.6 is 0 Å². The molecule has 3 rings (SSSR count). The van der Waals surface area contributed by atoms with Gasteiger partial charge < -0.3 is 4.52 Å². The predicted octanol–water partition coefficient (Wildman–Crippen LogP) is 1.67. The Labute approximate surface area is 124 Å². The molecule has 3 heterocycles.